The van der Waals surface area contributed by atoms with Gasteiger partial charge in [-0.2, -0.15) is 0 Å². The molecule has 0 spiro atoms. The molecule has 0 aliphatic rings. The number of hydrogen-bond acceptors (Lipinski definition) is 2. The normalized spacial score (nSPS) is 12.7. The summed E-state index contributed by atoms with van der Waals surface area (Å²) in [7, 11) is 0. The summed E-state index contributed by atoms with van der Waals surface area (Å²) in [6, 6.07) is 5.93. The van der Waals surface area contributed by atoms with Gasteiger partial charge in [0.2, 0.25) is 0 Å². The van der Waals surface area contributed by atoms with Crippen LogP contribution < -0.4 is 0 Å². The van der Waals surface area contributed by atoms with Crippen molar-refractivity contribution in [3.05, 3.63) is 46.5 Å². The molecule has 0 aliphatic heterocycles. The van der Waals surface area contributed by atoms with Gasteiger partial charge < -0.3 is 9.67 Å². The number of nitrogens with zero attached hydrogens (tertiary/aromatic N) is 2. The van der Waals surface area contributed by atoms with Gasteiger partial charge in [-0.25, -0.2) is 4.98 Å². The number of hydrogen-bond donors (Lipinski definition) is 1. The highest BCUT2D eigenvalue weighted by Gasteiger charge is 2.09. The van der Waals surface area contributed by atoms with Gasteiger partial charge in [-0.3, -0.25) is 0 Å². The predicted octanol–water partition coefficient (Wildman–Crippen LogP) is 3.25. The Labute approximate surface area is 109 Å². The fourth-order valence-corrected chi connectivity index (χ4v) is 2.53. The molecule has 0 fully saturated rings. The third-order valence-electron chi connectivity index (χ3n) is 2.75. The average Bonchev–Trinajstić information content (AvgIpc) is 2.76. The van der Waals surface area contributed by atoms with Crippen LogP contribution in [0.3, 0.4) is 0 Å². The average molecular weight is 295 g/mol. The first kappa shape index (κ1) is 12.3. The first-order valence-electron chi connectivity index (χ1n) is 5.63. The molecular weight excluding hydrogens is 280 g/mol. The van der Waals surface area contributed by atoms with E-state index in [0.717, 1.165) is 28.0 Å². The molecule has 3 nitrogen and oxygen atoms in total. The van der Waals surface area contributed by atoms with Gasteiger partial charge in [-0.1, -0.05) is 28.9 Å². The van der Waals surface area contributed by atoms with Crippen molar-refractivity contribution in [3.8, 4) is 5.69 Å². The summed E-state index contributed by atoms with van der Waals surface area (Å²) in [5.74, 6) is 1.03. The number of rotatable bonds is 3. The Balaban J connectivity index is 2.45. The van der Waals surface area contributed by atoms with Gasteiger partial charge in [0.05, 0.1) is 6.10 Å². The highest BCUT2D eigenvalue weighted by molar-refractivity contribution is 9.10. The van der Waals surface area contributed by atoms with Crippen molar-refractivity contribution in [2.24, 2.45) is 0 Å². The van der Waals surface area contributed by atoms with Gasteiger partial charge >= 0.3 is 0 Å². The van der Waals surface area contributed by atoms with E-state index in [-0.39, 0.29) is 0 Å². The smallest absolute Gasteiger partial charge is 0.112 e. The van der Waals surface area contributed by atoms with Crippen LogP contribution in [0.2, 0.25) is 0 Å². The molecule has 0 aliphatic carbocycles. The minimum absolute atomic E-state index is 0.466. The monoisotopic (exact) mass is 294 g/mol. The number of aromatic nitrogens is 2. The molecule has 0 bridgehead atoms. The van der Waals surface area contributed by atoms with E-state index in [1.807, 2.05) is 24.4 Å². The first-order valence-corrected chi connectivity index (χ1v) is 6.43. The number of halogens is 1. The van der Waals surface area contributed by atoms with E-state index in [9.17, 15) is 5.11 Å². The Morgan fingerprint density at radius 1 is 1.47 bits per heavy atom. The molecular formula is C13H15BrN2O. The van der Waals surface area contributed by atoms with Crippen LogP contribution >= 0.6 is 15.9 Å². The van der Waals surface area contributed by atoms with Gasteiger partial charge in [-0.15, -0.1) is 0 Å². The second-order valence-corrected chi connectivity index (χ2v) is 4.80. The van der Waals surface area contributed by atoms with Gasteiger partial charge in [-0.05, 0) is 24.6 Å². The van der Waals surface area contributed by atoms with Crippen LogP contribution in [-0.4, -0.2) is 14.7 Å². The Morgan fingerprint density at radius 2 is 2.24 bits per heavy atom. The Morgan fingerprint density at radius 3 is 2.82 bits per heavy atom. The number of imidazole rings is 1. The van der Waals surface area contributed by atoms with E-state index < -0.39 is 6.10 Å². The van der Waals surface area contributed by atoms with Crippen molar-refractivity contribution in [1.29, 1.82) is 0 Å². The fraction of sp³-hybridized carbons (Fsp3) is 0.308. The van der Waals surface area contributed by atoms with Crippen molar-refractivity contribution in [3.63, 3.8) is 0 Å². The van der Waals surface area contributed by atoms with Crippen molar-refractivity contribution in [2.45, 2.75) is 26.4 Å². The third-order valence-corrected chi connectivity index (χ3v) is 3.43. The van der Waals surface area contributed by atoms with Crippen molar-refractivity contribution in [1.82, 2.24) is 9.55 Å². The Bertz CT molecular complexity index is 520. The van der Waals surface area contributed by atoms with Crippen LogP contribution in [0.4, 0.5) is 0 Å². The van der Waals surface area contributed by atoms with Crippen LogP contribution in [0.5, 0.6) is 0 Å². The highest BCUT2D eigenvalue weighted by Crippen LogP contribution is 2.26. The molecule has 2 rings (SSSR count). The maximum Gasteiger partial charge on any atom is 0.112 e. The second kappa shape index (κ2) is 5.02. The molecule has 4 heteroatoms. The molecule has 1 N–H and O–H groups in total. The zero-order chi connectivity index (χ0) is 12.4. The molecule has 17 heavy (non-hydrogen) atoms. The summed E-state index contributed by atoms with van der Waals surface area (Å²) in [5.41, 5.74) is 1.95. The molecule has 1 aromatic carbocycles. The van der Waals surface area contributed by atoms with Gasteiger partial charge in [0.1, 0.15) is 5.82 Å². The molecule has 0 radical (unpaired) electrons. The van der Waals surface area contributed by atoms with Crippen LogP contribution in [0, 0.1) is 0 Å². The molecule has 0 amide bonds. The van der Waals surface area contributed by atoms with Crippen LogP contribution in [0.15, 0.2) is 35.1 Å². The zero-order valence-electron chi connectivity index (χ0n) is 9.89. The first-order chi connectivity index (χ1) is 8.13. The maximum atomic E-state index is 9.58. The van der Waals surface area contributed by atoms with E-state index in [2.05, 4.69) is 32.4 Å². The molecule has 1 heterocycles. The lowest BCUT2D eigenvalue weighted by Crippen LogP contribution is -2.00. The Kier molecular flexibility index (Phi) is 3.64. The van der Waals surface area contributed by atoms with E-state index in [1.54, 1.807) is 13.1 Å². The molecule has 0 saturated heterocycles. The summed E-state index contributed by atoms with van der Waals surface area (Å²) in [4.78, 5) is 4.30. The van der Waals surface area contributed by atoms with Gasteiger partial charge in [0.15, 0.2) is 0 Å². The number of aliphatic hydroxyl groups excluding tert-OH is 1. The molecule has 0 unspecified atom stereocenters. The lowest BCUT2D eigenvalue weighted by molar-refractivity contribution is 0.198. The summed E-state index contributed by atoms with van der Waals surface area (Å²) in [6.07, 6.45) is 4.17. The van der Waals surface area contributed by atoms with Crippen LogP contribution in [0.25, 0.3) is 5.69 Å². The summed E-state index contributed by atoms with van der Waals surface area (Å²) in [5, 5.41) is 9.58. The number of aryl methyl sites for hydroxylation is 1. The third kappa shape index (κ3) is 2.42. The highest BCUT2D eigenvalue weighted by atomic mass is 79.9. The van der Waals surface area contributed by atoms with Crippen molar-refractivity contribution < 1.29 is 5.11 Å². The van der Waals surface area contributed by atoms with Crippen LogP contribution in [0.1, 0.15) is 31.3 Å². The standard InChI is InChI=1S/C13H15BrN2O/c1-3-13-15-6-7-16(13)10-4-5-11(9(2)17)12(14)8-10/h4-9,17H,3H2,1-2H3/t9-/m1/s1. The molecule has 0 saturated carbocycles. The van der Waals surface area contributed by atoms with E-state index in [1.165, 1.54) is 0 Å². The van der Waals surface area contributed by atoms with Gasteiger partial charge in [0.25, 0.3) is 0 Å². The fourth-order valence-electron chi connectivity index (χ4n) is 1.84. The number of aliphatic hydroxyl groups is 1. The molecule has 90 valence electrons. The van der Waals surface area contributed by atoms with E-state index in [0.29, 0.717) is 0 Å². The maximum absolute atomic E-state index is 9.58. The minimum Gasteiger partial charge on any atom is -0.389 e. The quantitative estimate of drug-likeness (QED) is 0.944. The SMILES string of the molecule is CCc1nccn1-c1ccc([C@@H](C)O)c(Br)c1. The van der Waals surface area contributed by atoms with E-state index in [4.69, 9.17) is 0 Å². The minimum atomic E-state index is -0.466. The van der Waals surface area contributed by atoms with Crippen molar-refractivity contribution in [2.75, 3.05) is 0 Å². The zero-order valence-corrected chi connectivity index (χ0v) is 11.5. The van der Waals surface area contributed by atoms with Crippen LogP contribution in [-0.2, 0) is 6.42 Å². The number of benzene rings is 1. The molecule has 1 atom stereocenters. The summed E-state index contributed by atoms with van der Waals surface area (Å²) >= 11 is 3.49. The topological polar surface area (TPSA) is 38.0 Å². The van der Waals surface area contributed by atoms with E-state index >= 15 is 0 Å². The molecule has 1 aromatic heterocycles. The lowest BCUT2D eigenvalue weighted by Gasteiger charge is -2.11. The predicted molar refractivity (Wildman–Crippen MR) is 71.3 cm³/mol. The summed E-state index contributed by atoms with van der Waals surface area (Å²) < 4.78 is 2.97. The van der Waals surface area contributed by atoms with Gasteiger partial charge in [0, 0.05) is 29.0 Å². The van der Waals surface area contributed by atoms with Crippen molar-refractivity contribution >= 4 is 15.9 Å². The largest absolute Gasteiger partial charge is 0.389 e. The second-order valence-electron chi connectivity index (χ2n) is 3.95. The Hall–Kier alpha value is -1.13. The lowest BCUT2D eigenvalue weighted by atomic mass is 10.1. The molecule has 2 aromatic rings. The summed E-state index contributed by atoms with van der Waals surface area (Å²) in [6.45, 7) is 3.84.